The molecule has 0 aliphatic rings. The molecule has 0 heterocycles. The monoisotopic (exact) mass is 302 g/mol. The van der Waals surface area contributed by atoms with E-state index in [4.69, 9.17) is 5.11 Å². The third kappa shape index (κ3) is 3.75. The largest absolute Gasteiger partial charge is 0.481 e. The molecule has 0 saturated carbocycles. The quantitative estimate of drug-likeness (QED) is 0.593. The van der Waals surface area contributed by atoms with Crippen LogP contribution in [0.5, 0.6) is 0 Å². The summed E-state index contributed by atoms with van der Waals surface area (Å²) in [6.45, 7) is 2.55. The van der Waals surface area contributed by atoms with Crippen LogP contribution in [-0.4, -0.2) is 31.0 Å². The van der Waals surface area contributed by atoms with Crippen molar-refractivity contribution in [3.05, 3.63) is 33.9 Å². The Balaban J connectivity index is 2.99. The lowest BCUT2D eigenvalue weighted by Gasteiger charge is -2.11. The predicted molar refractivity (Wildman–Crippen MR) is 69.8 cm³/mol. The van der Waals surface area contributed by atoms with Gasteiger partial charge in [0.05, 0.1) is 15.7 Å². The first-order valence-corrected chi connectivity index (χ1v) is 7.11. The number of aliphatic carboxylic acids is 1. The summed E-state index contributed by atoms with van der Waals surface area (Å²) in [5.74, 6) is -1.99. The molecule has 1 aromatic rings. The third-order valence-corrected chi connectivity index (χ3v) is 4.24. The minimum atomic E-state index is -3.90. The van der Waals surface area contributed by atoms with Gasteiger partial charge in [-0.15, -0.1) is 0 Å². The zero-order valence-electron chi connectivity index (χ0n) is 10.9. The lowest BCUT2D eigenvalue weighted by Crippen LogP contribution is -2.31. The van der Waals surface area contributed by atoms with Crippen LogP contribution >= 0.6 is 0 Å². The van der Waals surface area contributed by atoms with E-state index in [1.54, 1.807) is 0 Å². The Morgan fingerprint density at radius 3 is 2.55 bits per heavy atom. The van der Waals surface area contributed by atoms with E-state index in [0.717, 1.165) is 18.2 Å². The average Bonchev–Trinajstić information content (AvgIpc) is 2.35. The molecule has 8 nitrogen and oxygen atoms in total. The van der Waals surface area contributed by atoms with E-state index in [9.17, 15) is 23.3 Å². The van der Waals surface area contributed by atoms with Gasteiger partial charge in [-0.1, -0.05) is 6.92 Å². The predicted octanol–water partition coefficient (Wildman–Crippen LogP) is 0.902. The third-order valence-electron chi connectivity index (χ3n) is 2.66. The van der Waals surface area contributed by atoms with E-state index in [1.807, 2.05) is 0 Å². The second kappa shape index (κ2) is 5.97. The molecule has 0 aliphatic carbocycles. The molecule has 0 aliphatic heterocycles. The first-order chi connectivity index (χ1) is 9.15. The van der Waals surface area contributed by atoms with Gasteiger partial charge >= 0.3 is 5.97 Å². The van der Waals surface area contributed by atoms with Gasteiger partial charge in [-0.25, -0.2) is 13.1 Å². The minimum Gasteiger partial charge on any atom is -0.481 e. The highest BCUT2D eigenvalue weighted by Crippen LogP contribution is 2.20. The molecule has 0 spiro atoms. The lowest BCUT2D eigenvalue weighted by molar-refractivity contribution is -0.385. The van der Waals surface area contributed by atoms with Crippen LogP contribution in [0.25, 0.3) is 0 Å². The zero-order chi connectivity index (χ0) is 15.5. The smallest absolute Gasteiger partial charge is 0.307 e. The maximum Gasteiger partial charge on any atom is 0.307 e. The topological polar surface area (TPSA) is 127 Å². The number of benzene rings is 1. The highest BCUT2D eigenvalue weighted by molar-refractivity contribution is 7.89. The van der Waals surface area contributed by atoms with Crippen molar-refractivity contribution in [1.29, 1.82) is 0 Å². The number of carboxylic acids is 1. The van der Waals surface area contributed by atoms with Crippen LogP contribution in [0.3, 0.4) is 0 Å². The molecule has 0 radical (unpaired) electrons. The van der Waals surface area contributed by atoms with Crippen LogP contribution in [0.4, 0.5) is 5.69 Å². The van der Waals surface area contributed by atoms with Gasteiger partial charge in [0.15, 0.2) is 0 Å². The van der Waals surface area contributed by atoms with Crippen LogP contribution in [-0.2, 0) is 14.8 Å². The average molecular weight is 302 g/mol. The van der Waals surface area contributed by atoms with E-state index in [2.05, 4.69) is 4.72 Å². The molecule has 1 unspecified atom stereocenters. The molecule has 1 aromatic carbocycles. The number of carboxylic acid groups (broad SMARTS) is 1. The summed E-state index contributed by atoms with van der Waals surface area (Å²) in [6.07, 6.45) is 0. The molecule has 1 atom stereocenters. The molecule has 20 heavy (non-hydrogen) atoms. The van der Waals surface area contributed by atoms with Gasteiger partial charge in [0, 0.05) is 18.7 Å². The van der Waals surface area contributed by atoms with Crippen LogP contribution in [0.2, 0.25) is 0 Å². The number of sulfonamides is 1. The highest BCUT2D eigenvalue weighted by atomic mass is 32.2. The lowest BCUT2D eigenvalue weighted by atomic mass is 10.2. The van der Waals surface area contributed by atoms with E-state index < -0.39 is 26.8 Å². The number of nitrogens with zero attached hydrogens (tertiary/aromatic N) is 1. The van der Waals surface area contributed by atoms with Gasteiger partial charge in [0.25, 0.3) is 5.69 Å². The van der Waals surface area contributed by atoms with Gasteiger partial charge < -0.3 is 5.11 Å². The van der Waals surface area contributed by atoms with Crippen LogP contribution in [0, 0.1) is 23.0 Å². The molecule has 0 bridgehead atoms. The van der Waals surface area contributed by atoms with Crippen molar-refractivity contribution in [2.75, 3.05) is 6.54 Å². The van der Waals surface area contributed by atoms with Gasteiger partial charge in [-0.05, 0) is 18.6 Å². The Hall–Kier alpha value is -2.00. The summed E-state index contributed by atoms with van der Waals surface area (Å²) < 4.78 is 26.1. The van der Waals surface area contributed by atoms with E-state index in [-0.39, 0.29) is 22.7 Å². The number of rotatable bonds is 6. The number of nitro groups is 1. The summed E-state index contributed by atoms with van der Waals surface area (Å²) >= 11 is 0. The van der Waals surface area contributed by atoms with E-state index in [0.29, 0.717) is 0 Å². The number of hydrogen-bond acceptors (Lipinski definition) is 5. The summed E-state index contributed by atoms with van der Waals surface area (Å²) in [6, 6.07) is 3.36. The molecule has 0 saturated heterocycles. The Bertz CT molecular complexity index is 640. The number of non-ortho nitro benzene ring substituents is 1. The summed E-state index contributed by atoms with van der Waals surface area (Å²) in [4.78, 5) is 20.5. The molecule has 0 amide bonds. The second-order valence-electron chi connectivity index (χ2n) is 4.30. The number of aryl methyl sites for hydroxylation is 1. The number of hydrogen-bond donors (Lipinski definition) is 2. The SMILES string of the molecule is Cc1cc([N+](=O)[O-])ccc1S(=O)(=O)NCC(C)C(=O)O. The Labute approximate surface area is 115 Å². The first-order valence-electron chi connectivity index (χ1n) is 5.62. The van der Waals surface area contributed by atoms with Crippen molar-refractivity contribution in [1.82, 2.24) is 4.72 Å². The fourth-order valence-electron chi connectivity index (χ4n) is 1.45. The van der Waals surface area contributed by atoms with E-state index >= 15 is 0 Å². The fourth-order valence-corrected chi connectivity index (χ4v) is 2.80. The van der Waals surface area contributed by atoms with Crippen LogP contribution in [0.1, 0.15) is 12.5 Å². The number of nitro benzene ring substituents is 1. The van der Waals surface area contributed by atoms with Crippen molar-refractivity contribution in [2.24, 2.45) is 5.92 Å². The van der Waals surface area contributed by atoms with Gasteiger partial charge in [-0.2, -0.15) is 0 Å². The van der Waals surface area contributed by atoms with Gasteiger partial charge in [0.1, 0.15) is 0 Å². The molecule has 9 heteroatoms. The molecular weight excluding hydrogens is 288 g/mol. The Morgan fingerprint density at radius 1 is 1.50 bits per heavy atom. The zero-order valence-corrected chi connectivity index (χ0v) is 11.7. The standard InChI is InChI=1S/C11H14N2O6S/c1-7-5-9(13(16)17)3-4-10(7)20(18,19)12-6-8(2)11(14)15/h3-5,8,12H,6H2,1-2H3,(H,14,15). The van der Waals surface area contributed by atoms with Crippen LogP contribution < -0.4 is 4.72 Å². The summed E-state index contributed by atoms with van der Waals surface area (Å²) in [5.41, 5.74) is 0.00929. The van der Waals surface area contributed by atoms with Crippen molar-refractivity contribution in [3.8, 4) is 0 Å². The van der Waals surface area contributed by atoms with Gasteiger partial charge in [0.2, 0.25) is 10.0 Å². The fraction of sp³-hybridized carbons (Fsp3) is 0.364. The molecule has 110 valence electrons. The van der Waals surface area contributed by atoms with Crippen LogP contribution in [0.15, 0.2) is 23.1 Å². The maximum absolute atomic E-state index is 12.0. The van der Waals surface area contributed by atoms with Crippen molar-refractivity contribution in [3.63, 3.8) is 0 Å². The number of nitrogens with one attached hydrogen (secondary N) is 1. The molecule has 2 N–H and O–H groups in total. The summed E-state index contributed by atoms with van der Waals surface area (Å²) in [7, 11) is -3.90. The van der Waals surface area contributed by atoms with Crippen molar-refractivity contribution >= 4 is 21.7 Å². The minimum absolute atomic E-state index is 0.110. The molecule has 1 rings (SSSR count). The normalized spacial score (nSPS) is 12.9. The highest BCUT2D eigenvalue weighted by Gasteiger charge is 2.21. The molecular formula is C11H14N2O6S. The van der Waals surface area contributed by atoms with Gasteiger partial charge in [-0.3, -0.25) is 14.9 Å². The second-order valence-corrected chi connectivity index (χ2v) is 6.03. The Morgan fingerprint density at radius 2 is 2.10 bits per heavy atom. The molecule has 0 fully saturated rings. The first kappa shape index (κ1) is 16.1. The molecule has 0 aromatic heterocycles. The maximum atomic E-state index is 12.0. The Kier molecular flexibility index (Phi) is 4.79. The van der Waals surface area contributed by atoms with E-state index in [1.165, 1.54) is 13.8 Å². The van der Waals surface area contributed by atoms with Crippen molar-refractivity contribution < 1.29 is 23.2 Å². The number of carbonyl (C=O) groups is 1. The summed E-state index contributed by atoms with van der Waals surface area (Å²) in [5, 5.41) is 19.3. The van der Waals surface area contributed by atoms with Crippen molar-refractivity contribution in [2.45, 2.75) is 18.7 Å².